The van der Waals surface area contributed by atoms with Crippen molar-refractivity contribution in [1.29, 1.82) is 0 Å². The molecule has 2 nitrogen and oxygen atoms in total. The Morgan fingerprint density at radius 1 is 1.14 bits per heavy atom. The second-order valence-electron chi connectivity index (χ2n) is 3.07. The highest BCUT2D eigenvalue weighted by Crippen LogP contribution is 2.10. The third-order valence-corrected chi connectivity index (χ3v) is 2.56. The fourth-order valence-corrected chi connectivity index (χ4v) is 1.91. The van der Waals surface area contributed by atoms with Gasteiger partial charge in [-0.15, -0.1) is 0 Å². The van der Waals surface area contributed by atoms with Gasteiger partial charge in [0, 0.05) is 17.9 Å². The second kappa shape index (κ2) is 3.96. The van der Waals surface area contributed by atoms with E-state index in [1.807, 2.05) is 30.3 Å². The normalized spacial score (nSPS) is 10.6. The molecule has 0 aliphatic rings. The number of rotatable bonds is 2. The maximum Gasteiger partial charge on any atom is 0.251 e. The number of aromatic nitrogens is 1. The molecule has 0 bridgehead atoms. The molecule has 0 N–H and O–H groups in total. The van der Waals surface area contributed by atoms with E-state index in [1.165, 1.54) is 0 Å². The topological polar surface area (TPSA) is 22.0 Å². The van der Waals surface area contributed by atoms with Crippen molar-refractivity contribution in [2.45, 2.75) is 6.54 Å². The Kier molecular flexibility index (Phi) is 2.68. The van der Waals surface area contributed by atoms with Gasteiger partial charge in [-0.1, -0.05) is 34.1 Å². The zero-order chi connectivity index (χ0) is 9.97. The Morgan fingerprint density at radius 2 is 1.93 bits per heavy atom. The largest absolute Gasteiger partial charge is 0.307 e. The molecule has 0 amide bonds. The van der Waals surface area contributed by atoms with Crippen molar-refractivity contribution in [3.63, 3.8) is 0 Å². The standard InChI is InChI=1S/C11H10BrNO/c12-7-8-13-10-4-2-1-3-9(10)5-6-11(13)14/h1-6H,7-8H2. The van der Waals surface area contributed by atoms with Gasteiger partial charge in [-0.2, -0.15) is 0 Å². The van der Waals surface area contributed by atoms with E-state index in [0.29, 0.717) is 6.54 Å². The minimum atomic E-state index is 0.0585. The molecule has 1 aromatic heterocycles. The number of alkyl halides is 1. The molecule has 0 unspecified atom stereocenters. The van der Waals surface area contributed by atoms with Crippen molar-refractivity contribution in [2.75, 3.05) is 5.33 Å². The molecule has 14 heavy (non-hydrogen) atoms. The van der Waals surface area contributed by atoms with Gasteiger partial charge in [0.05, 0.1) is 5.52 Å². The van der Waals surface area contributed by atoms with E-state index >= 15 is 0 Å². The first kappa shape index (κ1) is 9.46. The molecule has 1 heterocycles. The van der Waals surface area contributed by atoms with Gasteiger partial charge in [-0.25, -0.2) is 0 Å². The highest BCUT2D eigenvalue weighted by molar-refractivity contribution is 9.09. The smallest absolute Gasteiger partial charge is 0.251 e. The van der Waals surface area contributed by atoms with Gasteiger partial charge in [0.15, 0.2) is 0 Å². The molecule has 0 spiro atoms. The van der Waals surface area contributed by atoms with E-state index < -0.39 is 0 Å². The Morgan fingerprint density at radius 3 is 2.71 bits per heavy atom. The summed E-state index contributed by atoms with van der Waals surface area (Å²) in [6.45, 7) is 0.709. The molecule has 3 heteroatoms. The number of benzene rings is 1. The predicted molar refractivity (Wildman–Crippen MR) is 62.0 cm³/mol. The number of nitrogens with zero attached hydrogens (tertiary/aromatic N) is 1. The lowest BCUT2D eigenvalue weighted by molar-refractivity contribution is 0.772. The summed E-state index contributed by atoms with van der Waals surface area (Å²) >= 11 is 3.35. The van der Waals surface area contributed by atoms with Crippen LogP contribution >= 0.6 is 15.9 Å². The molecule has 0 aliphatic carbocycles. The van der Waals surface area contributed by atoms with E-state index in [2.05, 4.69) is 15.9 Å². The van der Waals surface area contributed by atoms with Crippen molar-refractivity contribution in [2.24, 2.45) is 0 Å². The Labute approximate surface area is 90.3 Å². The number of halogens is 1. The van der Waals surface area contributed by atoms with E-state index in [1.54, 1.807) is 10.6 Å². The summed E-state index contributed by atoms with van der Waals surface area (Å²) in [5.74, 6) is 0. The Balaban J connectivity index is 2.76. The van der Waals surface area contributed by atoms with Crippen LogP contribution in [0.15, 0.2) is 41.2 Å². The van der Waals surface area contributed by atoms with Crippen LogP contribution in [0.2, 0.25) is 0 Å². The summed E-state index contributed by atoms with van der Waals surface area (Å²) in [4.78, 5) is 11.6. The predicted octanol–water partition coefficient (Wildman–Crippen LogP) is 2.40. The SMILES string of the molecule is O=c1ccc2ccccc2n1CCBr. The van der Waals surface area contributed by atoms with Gasteiger partial charge < -0.3 is 4.57 Å². The molecule has 0 radical (unpaired) electrons. The van der Waals surface area contributed by atoms with Crippen LogP contribution in [0, 0.1) is 0 Å². The van der Waals surface area contributed by atoms with Crippen molar-refractivity contribution in [3.8, 4) is 0 Å². The van der Waals surface area contributed by atoms with Gasteiger partial charge in [-0.3, -0.25) is 4.79 Å². The third-order valence-electron chi connectivity index (χ3n) is 2.21. The average Bonchev–Trinajstić information content (AvgIpc) is 2.23. The molecule has 0 aliphatic heterocycles. The summed E-state index contributed by atoms with van der Waals surface area (Å²) in [6, 6.07) is 11.4. The van der Waals surface area contributed by atoms with Gasteiger partial charge in [0.2, 0.25) is 0 Å². The number of aryl methyl sites for hydroxylation is 1. The monoisotopic (exact) mass is 251 g/mol. The first-order chi connectivity index (χ1) is 6.83. The Bertz CT molecular complexity index is 504. The van der Waals surface area contributed by atoms with Crippen molar-refractivity contribution in [1.82, 2.24) is 4.57 Å². The third kappa shape index (κ3) is 1.60. The molecule has 2 rings (SSSR count). The lowest BCUT2D eigenvalue weighted by Gasteiger charge is -2.07. The summed E-state index contributed by atoms with van der Waals surface area (Å²) < 4.78 is 1.78. The fraction of sp³-hybridized carbons (Fsp3) is 0.182. The van der Waals surface area contributed by atoms with Crippen LogP contribution in [0.25, 0.3) is 10.9 Å². The van der Waals surface area contributed by atoms with Crippen LogP contribution < -0.4 is 5.56 Å². The zero-order valence-corrected chi connectivity index (χ0v) is 9.20. The van der Waals surface area contributed by atoms with Gasteiger partial charge in [-0.05, 0) is 17.5 Å². The number of fused-ring (bicyclic) bond motifs is 1. The molecular formula is C11H10BrNO. The van der Waals surface area contributed by atoms with E-state index in [0.717, 1.165) is 16.2 Å². The van der Waals surface area contributed by atoms with Crippen LogP contribution in [-0.4, -0.2) is 9.90 Å². The quantitative estimate of drug-likeness (QED) is 0.752. The number of hydrogen-bond donors (Lipinski definition) is 0. The molecular weight excluding hydrogens is 242 g/mol. The molecule has 0 saturated heterocycles. The number of para-hydroxylation sites is 1. The summed E-state index contributed by atoms with van der Waals surface area (Å²) in [6.07, 6.45) is 0. The van der Waals surface area contributed by atoms with Gasteiger partial charge in [0.1, 0.15) is 0 Å². The average molecular weight is 252 g/mol. The lowest BCUT2D eigenvalue weighted by Crippen LogP contribution is -2.19. The van der Waals surface area contributed by atoms with Crippen LogP contribution in [-0.2, 0) is 6.54 Å². The second-order valence-corrected chi connectivity index (χ2v) is 3.86. The highest BCUT2D eigenvalue weighted by atomic mass is 79.9. The van der Waals surface area contributed by atoms with Crippen LogP contribution in [0.1, 0.15) is 0 Å². The fourth-order valence-electron chi connectivity index (χ4n) is 1.56. The molecule has 1 aromatic carbocycles. The highest BCUT2D eigenvalue weighted by Gasteiger charge is 2.00. The molecule has 0 atom stereocenters. The van der Waals surface area contributed by atoms with Crippen molar-refractivity contribution in [3.05, 3.63) is 46.8 Å². The molecule has 72 valence electrons. The summed E-state index contributed by atoms with van der Waals surface area (Å²) in [5.41, 5.74) is 1.06. The molecule has 2 aromatic rings. The van der Waals surface area contributed by atoms with Crippen LogP contribution in [0.4, 0.5) is 0 Å². The zero-order valence-electron chi connectivity index (χ0n) is 7.61. The first-order valence-corrected chi connectivity index (χ1v) is 5.59. The first-order valence-electron chi connectivity index (χ1n) is 4.47. The summed E-state index contributed by atoms with van der Waals surface area (Å²) in [7, 11) is 0. The number of pyridine rings is 1. The molecule has 0 fully saturated rings. The van der Waals surface area contributed by atoms with E-state index in [-0.39, 0.29) is 5.56 Å². The Hall–Kier alpha value is -1.09. The van der Waals surface area contributed by atoms with Gasteiger partial charge >= 0.3 is 0 Å². The van der Waals surface area contributed by atoms with Crippen LogP contribution in [0.5, 0.6) is 0 Å². The minimum Gasteiger partial charge on any atom is -0.307 e. The molecule has 0 saturated carbocycles. The lowest BCUT2D eigenvalue weighted by atomic mass is 10.2. The van der Waals surface area contributed by atoms with Gasteiger partial charge in [0.25, 0.3) is 5.56 Å². The van der Waals surface area contributed by atoms with Crippen LogP contribution in [0.3, 0.4) is 0 Å². The van der Waals surface area contributed by atoms with Crippen molar-refractivity contribution < 1.29 is 0 Å². The van der Waals surface area contributed by atoms with Crippen molar-refractivity contribution >= 4 is 26.8 Å². The maximum absolute atomic E-state index is 11.6. The van der Waals surface area contributed by atoms with E-state index in [4.69, 9.17) is 0 Å². The number of hydrogen-bond acceptors (Lipinski definition) is 1. The summed E-state index contributed by atoms with van der Waals surface area (Å²) in [5, 5.41) is 1.90. The minimum absolute atomic E-state index is 0.0585. The maximum atomic E-state index is 11.6. The van der Waals surface area contributed by atoms with E-state index in [9.17, 15) is 4.79 Å².